The zero-order valence-corrected chi connectivity index (χ0v) is 5.91. The molecule has 0 saturated carbocycles. The third kappa shape index (κ3) is 5.96. The minimum absolute atomic E-state index is 1.15. The molecule has 0 heterocycles. The van der Waals surface area contributed by atoms with E-state index in [1.807, 2.05) is 7.05 Å². The van der Waals surface area contributed by atoms with Crippen LogP contribution in [0.15, 0.2) is 0 Å². The first-order chi connectivity index (χ1) is 3.91. The molecule has 0 aromatic carbocycles. The van der Waals surface area contributed by atoms with E-state index in [1.54, 1.807) is 0 Å². The summed E-state index contributed by atoms with van der Waals surface area (Å²) in [6, 6.07) is 0. The molecule has 0 rings (SSSR count). The van der Waals surface area contributed by atoms with E-state index in [-0.39, 0.29) is 0 Å². The summed E-state index contributed by atoms with van der Waals surface area (Å²) in [4.78, 5) is 0. The molecule has 0 fully saturated rings. The maximum atomic E-state index is 3.11. The smallest absolute Gasteiger partial charge is 0.00518 e. The Kier molecular flexibility index (Phi) is 6.93. The standard InChI is InChI=1S/C7H16N/c1-3-4-5-6-7-8-2/h4,8H,3,5-7H2,1-2H3. The van der Waals surface area contributed by atoms with E-state index in [1.165, 1.54) is 19.3 Å². The molecule has 1 heteroatoms. The van der Waals surface area contributed by atoms with Crippen molar-refractivity contribution in [3.05, 3.63) is 6.42 Å². The molecule has 0 aromatic heterocycles. The van der Waals surface area contributed by atoms with Crippen LogP contribution >= 0.6 is 0 Å². The Hall–Kier alpha value is -0.0400. The lowest BCUT2D eigenvalue weighted by atomic mass is 10.2. The molecule has 0 spiro atoms. The van der Waals surface area contributed by atoms with Gasteiger partial charge in [-0.25, -0.2) is 0 Å². The van der Waals surface area contributed by atoms with Crippen LogP contribution in [0.25, 0.3) is 0 Å². The van der Waals surface area contributed by atoms with Crippen LogP contribution in [0, 0.1) is 6.42 Å². The van der Waals surface area contributed by atoms with Crippen LogP contribution in [-0.4, -0.2) is 13.6 Å². The summed E-state index contributed by atoms with van der Waals surface area (Å²) in [5, 5.41) is 3.11. The van der Waals surface area contributed by atoms with Gasteiger partial charge < -0.3 is 5.32 Å². The molecular weight excluding hydrogens is 98.1 g/mol. The summed E-state index contributed by atoms with van der Waals surface area (Å²) in [7, 11) is 1.99. The van der Waals surface area contributed by atoms with E-state index in [0.29, 0.717) is 0 Å². The first-order valence-electron chi connectivity index (χ1n) is 3.38. The Morgan fingerprint density at radius 1 is 1.50 bits per heavy atom. The van der Waals surface area contributed by atoms with Crippen molar-refractivity contribution < 1.29 is 0 Å². The topological polar surface area (TPSA) is 12.0 Å². The van der Waals surface area contributed by atoms with Crippen LogP contribution in [-0.2, 0) is 0 Å². The van der Waals surface area contributed by atoms with Crippen molar-refractivity contribution in [3.8, 4) is 0 Å². The summed E-state index contributed by atoms with van der Waals surface area (Å²) >= 11 is 0. The molecule has 0 unspecified atom stereocenters. The first kappa shape index (κ1) is 7.96. The van der Waals surface area contributed by atoms with Gasteiger partial charge in [-0.2, -0.15) is 0 Å². The van der Waals surface area contributed by atoms with Crippen LogP contribution in [0.3, 0.4) is 0 Å². The number of hydrogen-bond acceptors (Lipinski definition) is 1. The van der Waals surface area contributed by atoms with Gasteiger partial charge in [-0.3, -0.25) is 0 Å². The highest BCUT2D eigenvalue weighted by Crippen LogP contribution is 1.94. The van der Waals surface area contributed by atoms with Gasteiger partial charge in [-0.05, 0) is 32.9 Å². The van der Waals surface area contributed by atoms with Crippen molar-refractivity contribution in [3.63, 3.8) is 0 Å². The molecule has 0 aromatic rings. The maximum Gasteiger partial charge on any atom is -0.00518 e. The fourth-order valence-electron chi connectivity index (χ4n) is 0.627. The second kappa shape index (κ2) is 6.96. The summed E-state index contributed by atoms with van der Waals surface area (Å²) in [5.41, 5.74) is 0. The van der Waals surface area contributed by atoms with Crippen molar-refractivity contribution in [1.29, 1.82) is 0 Å². The molecule has 1 radical (unpaired) electrons. The predicted molar refractivity (Wildman–Crippen MR) is 37.8 cm³/mol. The third-order valence-electron chi connectivity index (χ3n) is 1.12. The molecular formula is C7H16N. The Morgan fingerprint density at radius 2 is 2.25 bits per heavy atom. The van der Waals surface area contributed by atoms with Gasteiger partial charge in [0.15, 0.2) is 0 Å². The van der Waals surface area contributed by atoms with Gasteiger partial charge in [-0.1, -0.05) is 13.3 Å². The van der Waals surface area contributed by atoms with Crippen LogP contribution in [0.4, 0.5) is 0 Å². The van der Waals surface area contributed by atoms with E-state index in [4.69, 9.17) is 0 Å². The van der Waals surface area contributed by atoms with E-state index in [0.717, 1.165) is 6.54 Å². The second-order valence-corrected chi connectivity index (χ2v) is 1.94. The summed E-state index contributed by atoms with van der Waals surface area (Å²) in [6.45, 7) is 3.33. The molecule has 0 aliphatic heterocycles. The predicted octanol–water partition coefficient (Wildman–Crippen LogP) is 1.60. The minimum Gasteiger partial charge on any atom is -0.320 e. The van der Waals surface area contributed by atoms with Crippen molar-refractivity contribution in [2.45, 2.75) is 26.2 Å². The number of unbranched alkanes of at least 4 members (excludes halogenated alkanes) is 3. The van der Waals surface area contributed by atoms with Gasteiger partial charge in [0.1, 0.15) is 0 Å². The Balaban J connectivity index is 2.53. The van der Waals surface area contributed by atoms with Gasteiger partial charge in [0.2, 0.25) is 0 Å². The average molecular weight is 114 g/mol. The van der Waals surface area contributed by atoms with Crippen molar-refractivity contribution in [2.75, 3.05) is 13.6 Å². The van der Waals surface area contributed by atoms with Gasteiger partial charge in [0, 0.05) is 0 Å². The molecule has 8 heavy (non-hydrogen) atoms. The normalized spacial score (nSPS) is 9.75. The van der Waals surface area contributed by atoms with E-state index >= 15 is 0 Å². The van der Waals surface area contributed by atoms with E-state index in [9.17, 15) is 0 Å². The molecule has 0 aliphatic carbocycles. The zero-order chi connectivity index (χ0) is 6.24. The van der Waals surface area contributed by atoms with Crippen LogP contribution in [0.2, 0.25) is 0 Å². The molecule has 49 valence electrons. The second-order valence-electron chi connectivity index (χ2n) is 1.94. The minimum atomic E-state index is 1.15. The van der Waals surface area contributed by atoms with Crippen molar-refractivity contribution in [1.82, 2.24) is 5.32 Å². The largest absolute Gasteiger partial charge is 0.320 e. The highest BCUT2D eigenvalue weighted by atomic mass is 14.8. The first-order valence-corrected chi connectivity index (χ1v) is 3.38. The summed E-state index contributed by atoms with van der Waals surface area (Å²) < 4.78 is 0. The molecule has 0 atom stereocenters. The molecule has 1 nitrogen and oxygen atoms in total. The quantitative estimate of drug-likeness (QED) is 0.535. The molecule has 0 aliphatic rings. The number of hydrogen-bond donors (Lipinski definition) is 1. The Bertz CT molecular complexity index is 29.4. The summed E-state index contributed by atoms with van der Waals surface area (Å²) in [5.74, 6) is 0. The maximum absolute atomic E-state index is 3.11. The Labute approximate surface area is 52.5 Å². The van der Waals surface area contributed by atoms with Gasteiger partial charge in [0.25, 0.3) is 0 Å². The van der Waals surface area contributed by atoms with E-state index < -0.39 is 0 Å². The van der Waals surface area contributed by atoms with Crippen molar-refractivity contribution >= 4 is 0 Å². The molecule has 0 bridgehead atoms. The zero-order valence-electron chi connectivity index (χ0n) is 5.91. The SMILES string of the molecule is CC[CH]CCCNC. The Morgan fingerprint density at radius 3 is 2.75 bits per heavy atom. The average Bonchev–Trinajstić information content (AvgIpc) is 1.81. The highest BCUT2D eigenvalue weighted by molar-refractivity contribution is 4.60. The van der Waals surface area contributed by atoms with Gasteiger partial charge in [0.05, 0.1) is 0 Å². The fourth-order valence-corrected chi connectivity index (χ4v) is 0.627. The molecule has 0 saturated heterocycles. The van der Waals surface area contributed by atoms with Crippen LogP contribution < -0.4 is 5.32 Å². The number of nitrogens with one attached hydrogen (secondary N) is 1. The van der Waals surface area contributed by atoms with Crippen LogP contribution in [0.1, 0.15) is 26.2 Å². The number of rotatable bonds is 5. The third-order valence-corrected chi connectivity index (χ3v) is 1.12. The van der Waals surface area contributed by atoms with Crippen LogP contribution in [0.5, 0.6) is 0 Å². The lowest BCUT2D eigenvalue weighted by Crippen LogP contribution is -2.06. The lowest BCUT2D eigenvalue weighted by molar-refractivity contribution is 0.707. The molecule has 1 N–H and O–H groups in total. The van der Waals surface area contributed by atoms with Gasteiger partial charge >= 0.3 is 0 Å². The lowest BCUT2D eigenvalue weighted by Gasteiger charge is -1.95. The summed E-state index contributed by atoms with van der Waals surface area (Å²) in [6.07, 6.45) is 6.07. The highest BCUT2D eigenvalue weighted by Gasteiger charge is 1.82. The van der Waals surface area contributed by atoms with E-state index in [2.05, 4.69) is 18.7 Å². The van der Waals surface area contributed by atoms with Gasteiger partial charge in [-0.15, -0.1) is 0 Å². The monoisotopic (exact) mass is 114 g/mol. The molecule has 0 amide bonds. The van der Waals surface area contributed by atoms with Crippen molar-refractivity contribution in [2.24, 2.45) is 0 Å². The fraction of sp³-hybridized carbons (Fsp3) is 0.857.